The lowest BCUT2D eigenvalue weighted by Gasteiger charge is -2.18. The summed E-state index contributed by atoms with van der Waals surface area (Å²) >= 11 is 3.13. The Morgan fingerprint density at radius 2 is 2.39 bits per heavy atom. The molecule has 1 aromatic carbocycles. The summed E-state index contributed by atoms with van der Waals surface area (Å²) in [6, 6.07) is 5.70. The van der Waals surface area contributed by atoms with Crippen molar-refractivity contribution in [3.8, 4) is 5.75 Å². The molecular weight excluding hydrogens is 268 g/mol. The molecule has 2 heterocycles. The molecule has 0 saturated heterocycles. The van der Waals surface area contributed by atoms with E-state index in [9.17, 15) is 4.79 Å². The molecule has 1 aromatic rings. The van der Waals surface area contributed by atoms with Crippen molar-refractivity contribution >= 4 is 39.5 Å². The number of aliphatic imine (C=N–C) groups is 1. The lowest BCUT2D eigenvalue weighted by atomic mass is 10.00. The van der Waals surface area contributed by atoms with E-state index in [0.29, 0.717) is 6.54 Å². The summed E-state index contributed by atoms with van der Waals surface area (Å²) in [5.41, 5.74) is 1.84. The van der Waals surface area contributed by atoms with Gasteiger partial charge in [-0.05, 0) is 12.3 Å². The topological polar surface area (TPSA) is 50.7 Å². The van der Waals surface area contributed by atoms with E-state index in [1.54, 1.807) is 30.6 Å². The number of carbonyl (C=O) groups is 1. The predicted octanol–water partition coefficient (Wildman–Crippen LogP) is 2.31. The molecule has 0 saturated carbocycles. The number of thioether (sulfide) groups is 2. The average molecular weight is 280 g/mol. The molecule has 18 heavy (non-hydrogen) atoms. The van der Waals surface area contributed by atoms with Crippen LogP contribution >= 0.6 is 23.5 Å². The van der Waals surface area contributed by atoms with Gasteiger partial charge < -0.3 is 10.1 Å². The first-order valence-electron chi connectivity index (χ1n) is 5.47. The fourth-order valence-electron chi connectivity index (χ4n) is 2.21. The highest BCUT2D eigenvalue weighted by molar-refractivity contribution is 8.39. The largest absolute Gasteiger partial charge is 0.497 e. The van der Waals surface area contributed by atoms with Crippen molar-refractivity contribution in [1.29, 1.82) is 0 Å². The first-order chi connectivity index (χ1) is 8.69. The number of hydrogen-bond donors (Lipinski definition) is 1. The zero-order valence-corrected chi connectivity index (χ0v) is 11.7. The van der Waals surface area contributed by atoms with Crippen LogP contribution in [0.5, 0.6) is 5.75 Å². The molecule has 3 rings (SSSR count). The average Bonchev–Trinajstić information content (AvgIpc) is 2.94. The van der Waals surface area contributed by atoms with Gasteiger partial charge in [0.2, 0.25) is 5.91 Å². The number of rotatable bonds is 1. The molecule has 0 fully saturated rings. The Labute approximate surface area is 114 Å². The molecule has 0 bridgehead atoms. The minimum atomic E-state index is -0.569. The fraction of sp³-hybridized carbons (Fsp3) is 0.333. The van der Waals surface area contributed by atoms with Gasteiger partial charge in [-0.25, -0.2) is 0 Å². The number of nitrogens with zero attached hydrogens (tertiary/aromatic N) is 1. The highest BCUT2D eigenvalue weighted by Crippen LogP contribution is 2.51. The van der Waals surface area contributed by atoms with Crippen LogP contribution in [-0.4, -0.2) is 30.2 Å². The van der Waals surface area contributed by atoms with Gasteiger partial charge in [0.1, 0.15) is 14.9 Å². The Balaban J connectivity index is 2.03. The van der Waals surface area contributed by atoms with E-state index in [1.807, 2.05) is 24.5 Å². The van der Waals surface area contributed by atoms with Gasteiger partial charge in [-0.15, -0.1) is 11.8 Å². The number of carbonyl (C=O) groups excluding carboxylic acids is 1. The SMILES string of the molecule is COc1ccc2c(c1)NC(=O)[C@@]21CN=C(SC)S1. The molecule has 0 aromatic heterocycles. The van der Waals surface area contributed by atoms with Gasteiger partial charge >= 0.3 is 0 Å². The van der Waals surface area contributed by atoms with E-state index in [4.69, 9.17) is 4.74 Å². The first kappa shape index (κ1) is 11.9. The Hall–Kier alpha value is -1.14. The molecule has 6 heteroatoms. The van der Waals surface area contributed by atoms with Crippen LogP contribution in [0.3, 0.4) is 0 Å². The fourth-order valence-corrected chi connectivity index (χ4v) is 4.15. The quantitative estimate of drug-likeness (QED) is 0.857. The molecule has 1 amide bonds. The first-order valence-corrected chi connectivity index (χ1v) is 7.51. The van der Waals surface area contributed by atoms with Gasteiger partial charge in [0, 0.05) is 17.3 Å². The maximum absolute atomic E-state index is 12.3. The van der Waals surface area contributed by atoms with Crippen LogP contribution < -0.4 is 10.1 Å². The third kappa shape index (κ3) is 1.55. The van der Waals surface area contributed by atoms with E-state index in [-0.39, 0.29) is 5.91 Å². The molecular formula is C12H12N2O2S2. The van der Waals surface area contributed by atoms with Crippen LogP contribution in [-0.2, 0) is 9.54 Å². The molecule has 0 radical (unpaired) electrons. The van der Waals surface area contributed by atoms with Crippen molar-refractivity contribution in [3.05, 3.63) is 23.8 Å². The lowest BCUT2D eigenvalue weighted by Crippen LogP contribution is -2.31. The molecule has 2 aliphatic heterocycles. The molecule has 2 aliphatic rings. The molecule has 0 aliphatic carbocycles. The van der Waals surface area contributed by atoms with Gasteiger partial charge in [0.05, 0.1) is 13.7 Å². The second-order valence-electron chi connectivity index (χ2n) is 4.08. The van der Waals surface area contributed by atoms with Crippen LogP contribution in [0, 0.1) is 0 Å². The molecule has 1 atom stereocenters. The highest BCUT2D eigenvalue weighted by Gasteiger charge is 2.51. The minimum Gasteiger partial charge on any atom is -0.497 e. The normalized spacial score (nSPS) is 25.0. The Kier molecular flexibility index (Phi) is 2.79. The summed E-state index contributed by atoms with van der Waals surface area (Å²) in [6.45, 7) is 0.513. The number of ether oxygens (including phenoxy) is 1. The monoisotopic (exact) mass is 280 g/mol. The Bertz CT molecular complexity index is 559. The summed E-state index contributed by atoms with van der Waals surface area (Å²) in [5.74, 6) is 0.767. The maximum atomic E-state index is 12.3. The van der Waals surface area contributed by atoms with E-state index in [2.05, 4.69) is 10.3 Å². The summed E-state index contributed by atoms with van der Waals surface area (Å²) in [7, 11) is 1.62. The highest BCUT2D eigenvalue weighted by atomic mass is 32.2. The number of anilines is 1. The van der Waals surface area contributed by atoms with Crippen LogP contribution in [0.4, 0.5) is 5.69 Å². The second kappa shape index (κ2) is 4.20. The number of benzene rings is 1. The third-order valence-corrected chi connectivity index (χ3v) is 5.56. The molecule has 1 N–H and O–H groups in total. The van der Waals surface area contributed by atoms with Crippen molar-refractivity contribution in [3.63, 3.8) is 0 Å². The van der Waals surface area contributed by atoms with Crippen molar-refractivity contribution in [1.82, 2.24) is 0 Å². The number of fused-ring (bicyclic) bond motifs is 2. The van der Waals surface area contributed by atoms with Gasteiger partial charge in [-0.2, -0.15) is 0 Å². The van der Waals surface area contributed by atoms with Gasteiger partial charge in [-0.1, -0.05) is 17.8 Å². The molecule has 4 nitrogen and oxygen atoms in total. The standard InChI is InChI=1S/C12H12N2O2S2/c1-16-7-3-4-8-9(5-7)14-10(15)12(8)6-13-11(17-2)18-12/h3-5H,6H2,1-2H3,(H,14,15)/t12-/m1/s1. The second-order valence-corrected chi connectivity index (χ2v) is 6.42. The summed E-state index contributed by atoms with van der Waals surface area (Å²) in [6.07, 6.45) is 1.98. The Morgan fingerprint density at radius 1 is 1.56 bits per heavy atom. The van der Waals surface area contributed by atoms with Crippen LogP contribution in [0.1, 0.15) is 5.56 Å². The van der Waals surface area contributed by atoms with E-state index >= 15 is 0 Å². The van der Waals surface area contributed by atoms with Gasteiger partial charge in [0.25, 0.3) is 0 Å². The number of methoxy groups -OCH3 is 1. The van der Waals surface area contributed by atoms with E-state index < -0.39 is 4.75 Å². The number of hydrogen-bond acceptors (Lipinski definition) is 5. The van der Waals surface area contributed by atoms with Gasteiger partial charge in [-0.3, -0.25) is 9.79 Å². The molecule has 0 unspecified atom stereocenters. The predicted molar refractivity (Wildman–Crippen MR) is 76.7 cm³/mol. The maximum Gasteiger partial charge on any atom is 0.247 e. The molecule has 1 spiro atoms. The smallest absolute Gasteiger partial charge is 0.247 e. The van der Waals surface area contributed by atoms with Crippen molar-refractivity contribution in [2.75, 3.05) is 25.2 Å². The lowest BCUT2D eigenvalue weighted by molar-refractivity contribution is -0.117. The minimum absolute atomic E-state index is 0.0172. The van der Waals surface area contributed by atoms with Crippen molar-refractivity contribution < 1.29 is 9.53 Å². The van der Waals surface area contributed by atoms with E-state index in [0.717, 1.165) is 21.4 Å². The Morgan fingerprint density at radius 3 is 3.06 bits per heavy atom. The van der Waals surface area contributed by atoms with Crippen molar-refractivity contribution in [2.45, 2.75) is 4.75 Å². The van der Waals surface area contributed by atoms with Crippen LogP contribution in [0.2, 0.25) is 0 Å². The zero-order valence-electron chi connectivity index (χ0n) is 10.0. The summed E-state index contributed by atoms with van der Waals surface area (Å²) in [5, 5.41) is 2.93. The van der Waals surface area contributed by atoms with Crippen molar-refractivity contribution in [2.24, 2.45) is 4.99 Å². The van der Waals surface area contributed by atoms with Gasteiger partial charge in [0.15, 0.2) is 0 Å². The summed E-state index contributed by atoms with van der Waals surface area (Å²) in [4.78, 5) is 16.7. The van der Waals surface area contributed by atoms with E-state index in [1.165, 1.54) is 0 Å². The molecule has 94 valence electrons. The van der Waals surface area contributed by atoms with Crippen LogP contribution in [0.15, 0.2) is 23.2 Å². The third-order valence-electron chi connectivity index (χ3n) is 3.14. The van der Waals surface area contributed by atoms with Crippen LogP contribution in [0.25, 0.3) is 0 Å². The summed E-state index contributed by atoms with van der Waals surface area (Å²) < 4.78 is 5.57. The number of amides is 1. The number of nitrogens with one attached hydrogen (secondary N) is 1. The zero-order chi connectivity index (χ0) is 12.8.